The molecule has 3 heterocycles. The van der Waals surface area contributed by atoms with Crippen LogP contribution in [0.3, 0.4) is 0 Å². The van der Waals surface area contributed by atoms with Gasteiger partial charge in [-0.3, -0.25) is 0 Å². The van der Waals surface area contributed by atoms with E-state index in [4.69, 9.17) is 21.5 Å². The van der Waals surface area contributed by atoms with E-state index in [2.05, 4.69) is 44.8 Å². The van der Waals surface area contributed by atoms with E-state index in [1.807, 2.05) is 22.9 Å². The molecular formula is C20H23ClF3N7O2. The number of carboxylic acids is 1. The van der Waals surface area contributed by atoms with E-state index in [1.165, 1.54) is 0 Å². The molecule has 1 saturated heterocycles. The molecule has 13 heteroatoms. The largest absolute Gasteiger partial charge is 0.490 e. The molecule has 4 rings (SSSR count). The number of nitrogens with zero attached hydrogens (tertiary/aromatic N) is 5. The van der Waals surface area contributed by atoms with Crippen molar-refractivity contribution in [2.75, 3.05) is 18.4 Å². The molecule has 178 valence electrons. The number of hydrogen-bond donors (Lipinski definition) is 3. The molecule has 1 aliphatic rings. The SMILES string of the molecule is CC(C)n1nnc2ccc(-c3nc(NC4CCNCC4)ncc3Cl)cc21.O=C(O)C(F)(F)F. The lowest BCUT2D eigenvalue weighted by Gasteiger charge is -2.23. The van der Waals surface area contributed by atoms with E-state index in [0.29, 0.717) is 17.0 Å². The Balaban J connectivity index is 0.000000383. The number of alkyl halides is 3. The van der Waals surface area contributed by atoms with E-state index in [9.17, 15) is 13.2 Å². The van der Waals surface area contributed by atoms with Gasteiger partial charge in [0, 0.05) is 17.6 Å². The number of hydrogen-bond acceptors (Lipinski definition) is 7. The zero-order valence-electron chi connectivity index (χ0n) is 17.9. The van der Waals surface area contributed by atoms with Crippen molar-refractivity contribution < 1.29 is 23.1 Å². The fourth-order valence-electron chi connectivity index (χ4n) is 3.25. The van der Waals surface area contributed by atoms with Gasteiger partial charge >= 0.3 is 12.1 Å². The summed E-state index contributed by atoms with van der Waals surface area (Å²) in [5, 5.41) is 22.9. The molecule has 0 spiro atoms. The summed E-state index contributed by atoms with van der Waals surface area (Å²) in [4.78, 5) is 17.9. The molecule has 3 N–H and O–H groups in total. The van der Waals surface area contributed by atoms with E-state index in [0.717, 1.165) is 48.2 Å². The molecule has 1 aliphatic heterocycles. The van der Waals surface area contributed by atoms with Gasteiger partial charge < -0.3 is 15.7 Å². The molecule has 9 nitrogen and oxygen atoms in total. The van der Waals surface area contributed by atoms with Gasteiger partial charge in [0.15, 0.2) is 0 Å². The van der Waals surface area contributed by atoms with Crippen molar-refractivity contribution in [3.8, 4) is 11.3 Å². The van der Waals surface area contributed by atoms with Crippen LogP contribution in [-0.2, 0) is 4.79 Å². The number of aromatic nitrogens is 5. The monoisotopic (exact) mass is 485 g/mol. The third-order valence-corrected chi connectivity index (χ3v) is 5.17. The van der Waals surface area contributed by atoms with Crippen molar-refractivity contribution in [1.29, 1.82) is 0 Å². The summed E-state index contributed by atoms with van der Waals surface area (Å²) in [6.07, 6.45) is -1.30. The molecule has 0 saturated carbocycles. The number of piperidine rings is 1. The first kappa shape index (κ1) is 24.6. The van der Waals surface area contributed by atoms with Crippen LogP contribution in [0.4, 0.5) is 19.1 Å². The predicted octanol–water partition coefficient (Wildman–Crippen LogP) is 3.92. The first-order valence-electron chi connectivity index (χ1n) is 10.2. The van der Waals surface area contributed by atoms with Gasteiger partial charge in [0.25, 0.3) is 0 Å². The molecular weight excluding hydrogens is 463 g/mol. The third kappa shape index (κ3) is 6.29. The molecule has 33 heavy (non-hydrogen) atoms. The second-order valence-corrected chi connectivity index (χ2v) is 8.10. The van der Waals surface area contributed by atoms with Gasteiger partial charge in [0.2, 0.25) is 5.95 Å². The van der Waals surface area contributed by atoms with Crippen molar-refractivity contribution in [2.45, 2.75) is 44.9 Å². The van der Waals surface area contributed by atoms with Crippen molar-refractivity contribution in [2.24, 2.45) is 0 Å². The molecule has 1 fully saturated rings. The van der Waals surface area contributed by atoms with Crippen LogP contribution in [0.25, 0.3) is 22.3 Å². The highest BCUT2D eigenvalue weighted by atomic mass is 35.5. The van der Waals surface area contributed by atoms with Gasteiger partial charge in [-0.2, -0.15) is 13.2 Å². The van der Waals surface area contributed by atoms with E-state index in [-0.39, 0.29) is 6.04 Å². The quantitative estimate of drug-likeness (QED) is 0.509. The van der Waals surface area contributed by atoms with Crippen LogP contribution >= 0.6 is 11.6 Å². The van der Waals surface area contributed by atoms with Crippen LogP contribution < -0.4 is 10.6 Å². The molecule has 0 unspecified atom stereocenters. The second-order valence-electron chi connectivity index (χ2n) is 7.69. The minimum Gasteiger partial charge on any atom is -0.475 e. The predicted molar refractivity (Wildman–Crippen MR) is 117 cm³/mol. The molecule has 0 bridgehead atoms. The van der Waals surface area contributed by atoms with Crippen LogP contribution in [0.1, 0.15) is 32.7 Å². The zero-order chi connectivity index (χ0) is 24.2. The Labute approximate surface area is 192 Å². The highest BCUT2D eigenvalue weighted by Gasteiger charge is 2.38. The maximum Gasteiger partial charge on any atom is 0.490 e. The minimum absolute atomic E-state index is 0.230. The first-order valence-corrected chi connectivity index (χ1v) is 10.6. The van der Waals surface area contributed by atoms with Gasteiger partial charge in [0.05, 0.1) is 22.4 Å². The molecule has 0 atom stereocenters. The number of carboxylic acid groups (broad SMARTS) is 1. The normalized spacial score (nSPS) is 14.8. The van der Waals surface area contributed by atoms with Gasteiger partial charge in [-0.1, -0.05) is 22.9 Å². The average molecular weight is 486 g/mol. The Bertz CT molecular complexity index is 1110. The molecule has 0 amide bonds. The van der Waals surface area contributed by atoms with E-state index < -0.39 is 12.1 Å². The number of carbonyl (C=O) groups is 1. The Kier molecular flexibility index (Phi) is 7.69. The molecule has 2 aromatic heterocycles. The third-order valence-electron chi connectivity index (χ3n) is 4.89. The molecule has 3 aromatic rings. The average Bonchev–Trinajstić information content (AvgIpc) is 3.19. The Morgan fingerprint density at radius 2 is 1.97 bits per heavy atom. The summed E-state index contributed by atoms with van der Waals surface area (Å²) in [6, 6.07) is 6.59. The summed E-state index contributed by atoms with van der Waals surface area (Å²) < 4.78 is 33.6. The minimum atomic E-state index is -5.08. The Morgan fingerprint density at radius 1 is 1.30 bits per heavy atom. The van der Waals surface area contributed by atoms with Crippen molar-refractivity contribution in [3.05, 3.63) is 29.4 Å². The summed E-state index contributed by atoms with van der Waals surface area (Å²) in [5.41, 5.74) is 3.49. The highest BCUT2D eigenvalue weighted by molar-refractivity contribution is 6.33. The van der Waals surface area contributed by atoms with Crippen LogP contribution in [0.5, 0.6) is 0 Å². The number of rotatable bonds is 4. The van der Waals surface area contributed by atoms with Crippen molar-refractivity contribution in [3.63, 3.8) is 0 Å². The number of fused-ring (bicyclic) bond motifs is 1. The fourth-order valence-corrected chi connectivity index (χ4v) is 3.45. The van der Waals surface area contributed by atoms with Crippen LogP contribution in [0.15, 0.2) is 24.4 Å². The lowest BCUT2D eigenvalue weighted by atomic mass is 10.1. The number of anilines is 1. The van der Waals surface area contributed by atoms with Crippen molar-refractivity contribution in [1.82, 2.24) is 30.3 Å². The number of benzene rings is 1. The first-order chi connectivity index (χ1) is 15.6. The lowest BCUT2D eigenvalue weighted by molar-refractivity contribution is -0.192. The van der Waals surface area contributed by atoms with Gasteiger partial charge in [-0.15, -0.1) is 5.10 Å². The summed E-state index contributed by atoms with van der Waals surface area (Å²) in [7, 11) is 0. The Morgan fingerprint density at radius 3 is 2.58 bits per heavy atom. The van der Waals surface area contributed by atoms with E-state index in [1.54, 1.807) is 6.20 Å². The number of nitrogens with one attached hydrogen (secondary N) is 2. The lowest BCUT2D eigenvalue weighted by Crippen LogP contribution is -2.35. The molecule has 0 aliphatic carbocycles. The highest BCUT2D eigenvalue weighted by Crippen LogP contribution is 2.29. The van der Waals surface area contributed by atoms with Gasteiger partial charge in [-0.25, -0.2) is 19.4 Å². The molecule has 0 radical (unpaired) electrons. The Hall–Kier alpha value is -2.99. The van der Waals surface area contributed by atoms with Crippen LogP contribution in [-0.4, -0.2) is 61.3 Å². The maximum atomic E-state index is 10.6. The van der Waals surface area contributed by atoms with Gasteiger partial charge in [0.1, 0.15) is 5.52 Å². The smallest absolute Gasteiger partial charge is 0.475 e. The summed E-state index contributed by atoms with van der Waals surface area (Å²) in [5.74, 6) is -2.14. The van der Waals surface area contributed by atoms with Gasteiger partial charge in [-0.05, 0) is 51.9 Å². The maximum absolute atomic E-state index is 10.6. The number of halogens is 4. The van der Waals surface area contributed by atoms with E-state index >= 15 is 0 Å². The second kappa shape index (κ2) is 10.3. The molecule has 1 aromatic carbocycles. The van der Waals surface area contributed by atoms with Crippen LogP contribution in [0.2, 0.25) is 5.02 Å². The summed E-state index contributed by atoms with van der Waals surface area (Å²) in [6.45, 7) is 6.20. The summed E-state index contributed by atoms with van der Waals surface area (Å²) >= 11 is 6.40. The standard InChI is InChI=1S/C18H22ClN7.C2HF3O2/c1-11(2)26-16-9-12(3-4-15(16)24-25-26)17-14(19)10-21-18(23-17)22-13-5-7-20-8-6-13;3-2(4,5)1(6)7/h3-4,9-11,13,20H,5-8H2,1-2H3,(H,21,22,23);(H,6,7). The fraction of sp³-hybridized carbons (Fsp3) is 0.450. The van der Waals surface area contributed by atoms with Crippen LogP contribution in [0, 0.1) is 0 Å². The number of aliphatic carboxylic acids is 1. The van der Waals surface area contributed by atoms with Crippen molar-refractivity contribution >= 4 is 34.6 Å². The zero-order valence-corrected chi connectivity index (χ0v) is 18.7. The topological polar surface area (TPSA) is 118 Å².